The SMILES string of the molecule is CCCC1=C(NC)C([N+](=O)[O-])=C(O)CC1=O. The van der Waals surface area contributed by atoms with Gasteiger partial charge in [-0.2, -0.15) is 0 Å². The number of aliphatic hydroxyl groups excluding tert-OH is 1. The third-order valence-electron chi connectivity index (χ3n) is 2.41. The Bertz CT molecular complexity index is 396. The van der Waals surface area contributed by atoms with Gasteiger partial charge in [0.1, 0.15) is 5.70 Å². The van der Waals surface area contributed by atoms with Crippen molar-refractivity contribution in [3.8, 4) is 0 Å². The molecule has 0 aliphatic heterocycles. The van der Waals surface area contributed by atoms with E-state index >= 15 is 0 Å². The number of Topliss-reactive ketones (excluding diaryl/α,β-unsaturated/α-hetero) is 1. The monoisotopic (exact) mass is 226 g/mol. The molecule has 2 N–H and O–H groups in total. The van der Waals surface area contributed by atoms with E-state index in [1.54, 1.807) is 0 Å². The van der Waals surface area contributed by atoms with Crippen molar-refractivity contribution in [2.75, 3.05) is 7.05 Å². The van der Waals surface area contributed by atoms with Crippen LogP contribution in [-0.4, -0.2) is 22.9 Å². The highest BCUT2D eigenvalue weighted by atomic mass is 16.6. The highest BCUT2D eigenvalue weighted by Gasteiger charge is 2.34. The molecule has 0 spiro atoms. The highest BCUT2D eigenvalue weighted by Crippen LogP contribution is 2.27. The molecule has 88 valence electrons. The molecule has 0 atom stereocenters. The summed E-state index contributed by atoms with van der Waals surface area (Å²) in [4.78, 5) is 21.7. The number of nitrogens with zero attached hydrogens (tertiary/aromatic N) is 1. The minimum atomic E-state index is -0.663. The summed E-state index contributed by atoms with van der Waals surface area (Å²) >= 11 is 0. The van der Waals surface area contributed by atoms with Crippen molar-refractivity contribution < 1.29 is 14.8 Å². The molecule has 0 unspecified atom stereocenters. The van der Waals surface area contributed by atoms with Gasteiger partial charge in [0.25, 0.3) is 0 Å². The third kappa shape index (κ3) is 2.05. The number of nitro groups is 1. The van der Waals surface area contributed by atoms with E-state index in [0.717, 1.165) is 6.42 Å². The number of hydrogen-bond acceptors (Lipinski definition) is 5. The van der Waals surface area contributed by atoms with Gasteiger partial charge in [0.05, 0.1) is 11.3 Å². The normalized spacial score (nSPS) is 16.8. The maximum absolute atomic E-state index is 11.6. The van der Waals surface area contributed by atoms with E-state index in [-0.39, 0.29) is 23.6 Å². The van der Waals surface area contributed by atoms with Crippen molar-refractivity contribution in [1.82, 2.24) is 5.32 Å². The van der Waals surface area contributed by atoms with Crippen LogP contribution in [0.15, 0.2) is 22.7 Å². The molecule has 0 bridgehead atoms. The zero-order valence-electron chi connectivity index (χ0n) is 9.24. The number of aliphatic hydroxyl groups is 1. The van der Waals surface area contributed by atoms with Gasteiger partial charge in [-0.25, -0.2) is 0 Å². The molecule has 0 aromatic carbocycles. The van der Waals surface area contributed by atoms with E-state index < -0.39 is 10.7 Å². The molecule has 0 saturated heterocycles. The fraction of sp³-hybridized carbons (Fsp3) is 0.500. The van der Waals surface area contributed by atoms with E-state index in [2.05, 4.69) is 5.32 Å². The Morgan fingerprint density at radius 3 is 2.62 bits per heavy atom. The minimum Gasteiger partial charge on any atom is -0.505 e. The summed E-state index contributed by atoms with van der Waals surface area (Å²) in [5, 5.41) is 22.9. The number of carbonyl (C=O) groups excluding carboxylic acids is 1. The number of ketones is 1. The molecule has 0 radical (unpaired) electrons. The third-order valence-corrected chi connectivity index (χ3v) is 2.41. The average molecular weight is 226 g/mol. The Kier molecular flexibility index (Phi) is 3.65. The predicted molar refractivity (Wildman–Crippen MR) is 57.3 cm³/mol. The average Bonchev–Trinajstić information content (AvgIpc) is 2.20. The molecule has 0 aromatic heterocycles. The van der Waals surface area contributed by atoms with Crippen LogP contribution < -0.4 is 5.32 Å². The van der Waals surface area contributed by atoms with E-state index in [1.165, 1.54) is 7.05 Å². The summed E-state index contributed by atoms with van der Waals surface area (Å²) in [6.07, 6.45) is 0.911. The molecule has 1 rings (SSSR count). The second-order valence-corrected chi connectivity index (χ2v) is 3.51. The van der Waals surface area contributed by atoms with Crippen molar-refractivity contribution >= 4 is 5.78 Å². The summed E-state index contributed by atoms with van der Waals surface area (Å²) in [5.74, 6) is -0.728. The van der Waals surface area contributed by atoms with Gasteiger partial charge in [-0.3, -0.25) is 14.9 Å². The largest absolute Gasteiger partial charge is 0.505 e. The van der Waals surface area contributed by atoms with Gasteiger partial charge in [0.2, 0.25) is 0 Å². The van der Waals surface area contributed by atoms with E-state index in [4.69, 9.17) is 0 Å². The van der Waals surface area contributed by atoms with Crippen LogP contribution in [0, 0.1) is 10.1 Å². The lowest BCUT2D eigenvalue weighted by molar-refractivity contribution is -0.424. The van der Waals surface area contributed by atoms with Crippen molar-refractivity contribution in [2.24, 2.45) is 0 Å². The molecular weight excluding hydrogens is 212 g/mol. The molecule has 0 amide bonds. The first kappa shape index (κ1) is 12.2. The van der Waals surface area contributed by atoms with Crippen LogP contribution in [0.4, 0.5) is 0 Å². The summed E-state index contributed by atoms with van der Waals surface area (Å²) < 4.78 is 0. The van der Waals surface area contributed by atoms with Crippen LogP contribution in [-0.2, 0) is 4.79 Å². The predicted octanol–water partition coefficient (Wildman–Crippen LogP) is 1.28. The van der Waals surface area contributed by atoms with Gasteiger partial charge in [-0.1, -0.05) is 13.3 Å². The Morgan fingerprint density at radius 1 is 1.56 bits per heavy atom. The lowest BCUT2D eigenvalue weighted by atomic mass is 9.93. The zero-order valence-corrected chi connectivity index (χ0v) is 9.24. The van der Waals surface area contributed by atoms with Gasteiger partial charge in [-0.05, 0) is 6.42 Å². The molecule has 6 heteroatoms. The Morgan fingerprint density at radius 2 is 2.19 bits per heavy atom. The topological polar surface area (TPSA) is 92.5 Å². The standard InChI is InChI=1S/C10H14N2O4/c1-3-4-6-7(13)5-8(14)10(12(15)16)9(6)11-2/h11,14H,3-5H2,1-2H3. The quantitative estimate of drug-likeness (QED) is 0.556. The van der Waals surface area contributed by atoms with Crippen LogP contribution in [0.2, 0.25) is 0 Å². The number of likely N-dealkylation sites (N-methyl/N-ethyl adjacent to an activating group) is 1. The molecule has 0 saturated carbocycles. The second kappa shape index (κ2) is 4.78. The van der Waals surface area contributed by atoms with Crippen molar-refractivity contribution in [3.05, 3.63) is 32.8 Å². The maximum atomic E-state index is 11.6. The Labute approximate surface area is 92.8 Å². The summed E-state index contributed by atoms with van der Waals surface area (Å²) in [7, 11) is 1.50. The van der Waals surface area contributed by atoms with E-state index in [0.29, 0.717) is 12.0 Å². The van der Waals surface area contributed by atoms with E-state index in [1.807, 2.05) is 6.92 Å². The van der Waals surface area contributed by atoms with Crippen LogP contribution in [0.5, 0.6) is 0 Å². The summed E-state index contributed by atoms with van der Waals surface area (Å²) in [6, 6.07) is 0. The fourth-order valence-corrected chi connectivity index (χ4v) is 1.75. The first-order valence-electron chi connectivity index (χ1n) is 5.03. The Balaban J connectivity index is 3.31. The molecule has 16 heavy (non-hydrogen) atoms. The van der Waals surface area contributed by atoms with Crippen LogP contribution in [0.3, 0.4) is 0 Å². The maximum Gasteiger partial charge on any atom is 0.330 e. The first-order valence-corrected chi connectivity index (χ1v) is 5.03. The number of carbonyl (C=O) groups is 1. The molecule has 1 aliphatic carbocycles. The second-order valence-electron chi connectivity index (χ2n) is 3.51. The smallest absolute Gasteiger partial charge is 0.330 e. The van der Waals surface area contributed by atoms with Crippen LogP contribution in [0.1, 0.15) is 26.2 Å². The lowest BCUT2D eigenvalue weighted by Crippen LogP contribution is -2.26. The highest BCUT2D eigenvalue weighted by molar-refractivity contribution is 5.99. The molecule has 0 fully saturated rings. The zero-order chi connectivity index (χ0) is 12.3. The van der Waals surface area contributed by atoms with Crippen LogP contribution >= 0.6 is 0 Å². The van der Waals surface area contributed by atoms with Gasteiger partial charge in [0.15, 0.2) is 11.5 Å². The van der Waals surface area contributed by atoms with Gasteiger partial charge in [0, 0.05) is 12.6 Å². The van der Waals surface area contributed by atoms with Gasteiger partial charge in [-0.15, -0.1) is 0 Å². The van der Waals surface area contributed by atoms with Gasteiger partial charge < -0.3 is 10.4 Å². The number of nitrogens with one attached hydrogen (secondary N) is 1. The first-order chi connectivity index (χ1) is 7.52. The summed E-state index contributed by atoms with van der Waals surface area (Å²) in [6.45, 7) is 1.89. The molecular formula is C10H14N2O4. The number of allylic oxidation sites excluding steroid dienone is 2. The molecule has 0 aromatic rings. The molecule has 1 aliphatic rings. The lowest BCUT2D eigenvalue weighted by Gasteiger charge is -2.17. The minimum absolute atomic E-state index is 0.139. The molecule has 0 heterocycles. The van der Waals surface area contributed by atoms with Crippen LogP contribution in [0.25, 0.3) is 0 Å². The van der Waals surface area contributed by atoms with E-state index in [9.17, 15) is 20.0 Å². The Hall–Kier alpha value is -1.85. The van der Waals surface area contributed by atoms with Crippen molar-refractivity contribution in [2.45, 2.75) is 26.2 Å². The van der Waals surface area contributed by atoms with Crippen molar-refractivity contribution in [3.63, 3.8) is 0 Å². The number of hydrogen-bond donors (Lipinski definition) is 2. The fourth-order valence-electron chi connectivity index (χ4n) is 1.75. The number of rotatable bonds is 4. The van der Waals surface area contributed by atoms with Gasteiger partial charge >= 0.3 is 5.70 Å². The van der Waals surface area contributed by atoms with Crippen molar-refractivity contribution in [1.29, 1.82) is 0 Å². The summed E-state index contributed by atoms with van der Waals surface area (Å²) in [5.41, 5.74) is 0.153. The molecule has 6 nitrogen and oxygen atoms in total.